The van der Waals surface area contributed by atoms with Crippen molar-refractivity contribution in [2.75, 3.05) is 0 Å². The van der Waals surface area contributed by atoms with Crippen LogP contribution in [0.15, 0.2) is 47.9 Å². The molecule has 0 atom stereocenters. The molecule has 2 N–H and O–H groups in total. The van der Waals surface area contributed by atoms with Crippen LogP contribution in [0.4, 0.5) is 0 Å². The lowest BCUT2D eigenvalue weighted by Crippen LogP contribution is -2.14. The summed E-state index contributed by atoms with van der Waals surface area (Å²) in [6.07, 6.45) is 1.15. The molecule has 0 aromatic heterocycles. The molecule has 1 amide bonds. The summed E-state index contributed by atoms with van der Waals surface area (Å²) in [5, 5.41) is 12.0. The van der Waals surface area contributed by atoms with Crippen molar-refractivity contribution < 1.29 is 9.90 Å². The number of carbonyl (C=O) groups excluding carboxylic acids is 1. The van der Waals surface area contributed by atoms with E-state index in [2.05, 4.69) is 21.2 Å². The second-order valence-corrected chi connectivity index (χ2v) is 3.87. The van der Waals surface area contributed by atoms with Gasteiger partial charge in [0.1, 0.15) is 5.76 Å². The van der Waals surface area contributed by atoms with Crippen molar-refractivity contribution in [1.82, 2.24) is 5.32 Å². The van der Waals surface area contributed by atoms with Crippen LogP contribution in [0.5, 0.6) is 0 Å². The van der Waals surface area contributed by atoms with Crippen LogP contribution in [0.1, 0.15) is 5.56 Å². The fourth-order valence-corrected chi connectivity index (χ4v) is 1.88. The third-order valence-electron chi connectivity index (χ3n) is 2.02. The van der Waals surface area contributed by atoms with Crippen molar-refractivity contribution in [3.8, 4) is 0 Å². The molecule has 0 unspecified atom stereocenters. The SMILES string of the molecule is O=C1C=C(O)/C(=C(\Br)c2ccccc2)N1. The molecule has 3 nitrogen and oxygen atoms in total. The van der Waals surface area contributed by atoms with Crippen molar-refractivity contribution in [3.63, 3.8) is 0 Å². The molecule has 0 saturated heterocycles. The molecular formula is C11H8BrNO2. The molecular weight excluding hydrogens is 258 g/mol. The van der Waals surface area contributed by atoms with Crippen LogP contribution >= 0.6 is 15.9 Å². The van der Waals surface area contributed by atoms with E-state index in [1.165, 1.54) is 0 Å². The number of aliphatic hydroxyl groups is 1. The highest BCUT2D eigenvalue weighted by atomic mass is 79.9. The van der Waals surface area contributed by atoms with Gasteiger partial charge < -0.3 is 10.4 Å². The van der Waals surface area contributed by atoms with E-state index in [9.17, 15) is 9.90 Å². The summed E-state index contributed by atoms with van der Waals surface area (Å²) in [5.74, 6) is -0.355. The van der Waals surface area contributed by atoms with Crippen LogP contribution in [0, 0.1) is 0 Å². The molecule has 1 aliphatic heterocycles. The van der Waals surface area contributed by atoms with Crippen LogP contribution in [0.3, 0.4) is 0 Å². The quantitative estimate of drug-likeness (QED) is 0.819. The summed E-state index contributed by atoms with van der Waals surface area (Å²) in [6, 6.07) is 9.43. The van der Waals surface area contributed by atoms with Crippen LogP contribution in [0.25, 0.3) is 4.48 Å². The molecule has 1 heterocycles. The van der Waals surface area contributed by atoms with Gasteiger partial charge in [0.05, 0.1) is 10.2 Å². The van der Waals surface area contributed by atoms with Crippen molar-refractivity contribution in [3.05, 3.63) is 53.4 Å². The van der Waals surface area contributed by atoms with Gasteiger partial charge >= 0.3 is 0 Å². The van der Waals surface area contributed by atoms with E-state index in [0.717, 1.165) is 11.6 Å². The molecule has 1 aromatic carbocycles. The summed E-state index contributed by atoms with van der Waals surface area (Å²) in [7, 11) is 0. The average Bonchev–Trinajstić information content (AvgIpc) is 2.58. The Morgan fingerprint density at radius 1 is 1.27 bits per heavy atom. The Bertz CT molecular complexity index is 463. The standard InChI is InChI=1S/C11H8BrNO2/c12-10(7-4-2-1-3-5-7)11-8(14)6-9(15)13-11/h1-6,14H,(H,13,15)/b11-10+. The monoisotopic (exact) mass is 265 g/mol. The number of hydrogen-bond donors (Lipinski definition) is 2. The molecule has 0 radical (unpaired) electrons. The van der Waals surface area contributed by atoms with E-state index in [1.54, 1.807) is 0 Å². The maximum atomic E-state index is 11.0. The molecule has 0 fully saturated rings. The van der Waals surface area contributed by atoms with E-state index in [-0.39, 0.29) is 11.7 Å². The Kier molecular flexibility index (Phi) is 2.60. The van der Waals surface area contributed by atoms with Crippen LogP contribution in [0.2, 0.25) is 0 Å². The lowest BCUT2D eigenvalue weighted by molar-refractivity contribution is -0.115. The Morgan fingerprint density at radius 3 is 2.47 bits per heavy atom. The van der Waals surface area contributed by atoms with Crippen molar-refractivity contribution >= 4 is 26.3 Å². The van der Waals surface area contributed by atoms with Crippen LogP contribution in [-0.2, 0) is 4.79 Å². The second kappa shape index (κ2) is 3.90. The smallest absolute Gasteiger partial charge is 0.252 e. The summed E-state index contributed by atoms with van der Waals surface area (Å²) < 4.78 is 0.669. The fourth-order valence-electron chi connectivity index (χ4n) is 1.32. The highest BCUT2D eigenvalue weighted by Gasteiger charge is 2.20. The summed E-state index contributed by atoms with van der Waals surface area (Å²) in [4.78, 5) is 11.0. The van der Waals surface area contributed by atoms with Gasteiger partial charge in [0.15, 0.2) is 0 Å². The third-order valence-corrected chi connectivity index (χ3v) is 2.87. The number of hydrogen-bond acceptors (Lipinski definition) is 2. The van der Waals surface area contributed by atoms with Crippen molar-refractivity contribution in [1.29, 1.82) is 0 Å². The fraction of sp³-hybridized carbons (Fsp3) is 0. The van der Waals surface area contributed by atoms with E-state index in [0.29, 0.717) is 10.2 Å². The maximum Gasteiger partial charge on any atom is 0.252 e. The molecule has 1 aliphatic rings. The van der Waals surface area contributed by atoms with Crippen molar-refractivity contribution in [2.24, 2.45) is 0 Å². The normalized spacial score (nSPS) is 18.5. The first-order valence-corrected chi connectivity index (χ1v) is 5.15. The van der Waals surface area contributed by atoms with Crippen LogP contribution < -0.4 is 5.32 Å². The molecule has 76 valence electrons. The van der Waals surface area contributed by atoms with E-state index < -0.39 is 0 Å². The molecule has 0 aliphatic carbocycles. The topological polar surface area (TPSA) is 49.3 Å². The highest BCUT2D eigenvalue weighted by Crippen LogP contribution is 2.28. The van der Waals surface area contributed by atoms with Gasteiger partial charge in [0, 0.05) is 6.08 Å². The summed E-state index contributed by atoms with van der Waals surface area (Å²) >= 11 is 3.34. The van der Waals surface area contributed by atoms with Gasteiger partial charge in [-0.05, 0) is 21.5 Å². The van der Waals surface area contributed by atoms with E-state index in [1.807, 2.05) is 30.3 Å². The minimum absolute atomic E-state index is 0.0456. The Hall–Kier alpha value is -1.55. The second-order valence-electron chi connectivity index (χ2n) is 3.07. The molecule has 0 saturated carbocycles. The largest absolute Gasteiger partial charge is 0.506 e. The lowest BCUT2D eigenvalue weighted by Gasteiger charge is -2.05. The number of halogens is 1. The Labute approximate surface area is 95.2 Å². The van der Waals surface area contributed by atoms with Gasteiger partial charge in [0.2, 0.25) is 0 Å². The van der Waals surface area contributed by atoms with Gasteiger partial charge in [-0.3, -0.25) is 4.79 Å². The van der Waals surface area contributed by atoms with E-state index >= 15 is 0 Å². The van der Waals surface area contributed by atoms with Gasteiger partial charge in [-0.15, -0.1) is 0 Å². The molecule has 0 bridgehead atoms. The molecule has 2 rings (SSSR count). The maximum absolute atomic E-state index is 11.0. The number of amides is 1. The zero-order valence-corrected chi connectivity index (χ0v) is 9.28. The first-order valence-electron chi connectivity index (χ1n) is 4.35. The molecule has 1 aromatic rings. The summed E-state index contributed by atoms with van der Waals surface area (Å²) in [6.45, 7) is 0. The number of aliphatic hydroxyl groups excluding tert-OH is 1. The minimum Gasteiger partial charge on any atom is -0.506 e. The predicted octanol–water partition coefficient (Wildman–Crippen LogP) is 2.32. The Morgan fingerprint density at radius 2 is 1.93 bits per heavy atom. The third kappa shape index (κ3) is 1.94. The number of benzene rings is 1. The molecule has 15 heavy (non-hydrogen) atoms. The Balaban J connectivity index is 2.44. The summed E-state index contributed by atoms with van der Waals surface area (Å²) in [5.41, 5.74) is 1.31. The first kappa shape index (κ1) is 9.98. The zero-order valence-electron chi connectivity index (χ0n) is 7.70. The highest BCUT2D eigenvalue weighted by molar-refractivity contribution is 9.15. The number of carbonyl (C=O) groups is 1. The van der Waals surface area contributed by atoms with Gasteiger partial charge in [-0.25, -0.2) is 0 Å². The van der Waals surface area contributed by atoms with Crippen LogP contribution in [-0.4, -0.2) is 11.0 Å². The van der Waals surface area contributed by atoms with E-state index in [4.69, 9.17) is 0 Å². The number of rotatable bonds is 1. The lowest BCUT2D eigenvalue weighted by atomic mass is 10.2. The molecule has 4 heteroatoms. The van der Waals surface area contributed by atoms with Crippen molar-refractivity contribution in [2.45, 2.75) is 0 Å². The van der Waals surface area contributed by atoms with Gasteiger partial charge in [-0.2, -0.15) is 0 Å². The predicted molar refractivity (Wildman–Crippen MR) is 61.1 cm³/mol. The first-order chi connectivity index (χ1) is 7.18. The molecule has 0 spiro atoms. The average molecular weight is 266 g/mol. The zero-order chi connectivity index (χ0) is 10.8. The van der Waals surface area contributed by atoms with Gasteiger partial charge in [-0.1, -0.05) is 30.3 Å². The number of nitrogens with one attached hydrogen (secondary N) is 1. The minimum atomic E-state index is -0.310. The van der Waals surface area contributed by atoms with Gasteiger partial charge in [0.25, 0.3) is 5.91 Å².